The fraction of sp³-hybridized carbons (Fsp3) is 0.667. The van der Waals surface area contributed by atoms with E-state index in [1.165, 1.54) is 5.56 Å². The first-order valence-corrected chi connectivity index (χ1v) is 8.28. The normalized spacial score (nSPS) is 19.3. The Hall–Kier alpha value is -0.900. The zero-order chi connectivity index (χ0) is 15.0. The molecule has 3 nitrogen and oxygen atoms in total. The standard InChI is InChI=1S/C18H29NO2/c1-3-12-19-17(15-20-4-2)18(10-13-21-14-11-18)16-8-6-5-7-9-16/h5-9,17,19H,3-4,10-15H2,1-2H3. The highest BCUT2D eigenvalue weighted by molar-refractivity contribution is 5.28. The molecule has 1 N–H and O–H groups in total. The van der Waals surface area contributed by atoms with E-state index in [2.05, 4.69) is 49.5 Å². The van der Waals surface area contributed by atoms with Crippen molar-refractivity contribution in [3.05, 3.63) is 35.9 Å². The Kier molecular flexibility index (Phi) is 6.68. The van der Waals surface area contributed by atoms with E-state index < -0.39 is 0 Å². The van der Waals surface area contributed by atoms with Gasteiger partial charge in [-0.1, -0.05) is 37.3 Å². The van der Waals surface area contributed by atoms with Gasteiger partial charge >= 0.3 is 0 Å². The summed E-state index contributed by atoms with van der Waals surface area (Å²) in [4.78, 5) is 0. The number of ether oxygens (including phenoxy) is 2. The molecule has 1 fully saturated rings. The van der Waals surface area contributed by atoms with Crippen molar-refractivity contribution in [1.82, 2.24) is 5.32 Å². The summed E-state index contributed by atoms with van der Waals surface area (Å²) >= 11 is 0. The maximum atomic E-state index is 5.79. The van der Waals surface area contributed by atoms with Crippen LogP contribution in [0, 0.1) is 0 Å². The van der Waals surface area contributed by atoms with Gasteiger partial charge in [0.15, 0.2) is 0 Å². The molecule has 1 saturated heterocycles. The van der Waals surface area contributed by atoms with Crippen molar-refractivity contribution in [2.45, 2.75) is 44.6 Å². The minimum absolute atomic E-state index is 0.129. The average molecular weight is 291 g/mol. The van der Waals surface area contributed by atoms with Crippen LogP contribution in [0.5, 0.6) is 0 Å². The Morgan fingerprint density at radius 3 is 2.52 bits per heavy atom. The molecule has 0 radical (unpaired) electrons. The maximum Gasteiger partial charge on any atom is 0.0628 e. The minimum atomic E-state index is 0.129. The van der Waals surface area contributed by atoms with Gasteiger partial charge in [-0.05, 0) is 38.3 Å². The second-order valence-electron chi connectivity index (χ2n) is 5.80. The van der Waals surface area contributed by atoms with Gasteiger partial charge in [0.25, 0.3) is 0 Å². The predicted octanol–water partition coefficient (Wildman–Crippen LogP) is 3.14. The Labute approximate surface area is 129 Å². The zero-order valence-corrected chi connectivity index (χ0v) is 13.4. The van der Waals surface area contributed by atoms with Crippen LogP contribution in [-0.4, -0.2) is 39.0 Å². The molecule has 0 amide bonds. The monoisotopic (exact) mass is 291 g/mol. The molecule has 0 spiro atoms. The van der Waals surface area contributed by atoms with Crippen molar-refractivity contribution in [2.75, 3.05) is 33.0 Å². The third-order valence-electron chi connectivity index (χ3n) is 4.53. The second-order valence-corrected chi connectivity index (χ2v) is 5.80. The molecule has 1 aromatic carbocycles. The molecule has 0 aliphatic carbocycles. The van der Waals surface area contributed by atoms with Crippen molar-refractivity contribution in [3.8, 4) is 0 Å². The van der Waals surface area contributed by atoms with E-state index >= 15 is 0 Å². The smallest absolute Gasteiger partial charge is 0.0628 e. The Morgan fingerprint density at radius 2 is 1.90 bits per heavy atom. The predicted molar refractivity (Wildman–Crippen MR) is 86.7 cm³/mol. The summed E-state index contributed by atoms with van der Waals surface area (Å²) in [6.07, 6.45) is 3.26. The largest absolute Gasteiger partial charge is 0.381 e. The van der Waals surface area contributed by atoms with Crippen molar-refractivity contribution in [1.29, 1.82) is 0 Å². The van der Waals surface area contributed by atoms with E-state index in [1.807, 2.05) is 0 Å². The lowest BCUT2D eigenvalue weighted by Crippen LogP contribution is -2.54. The van der Waals surface area contributed by atoms with Crippen LogP contribution in [0.4, 0.5) is 0 Å². The molecule has 1 atom stereocenters. The SMILES string of the molecule is CCCNC(COCC)C1(c2ccccc2)CCOCC1. The Morgan fingerprint density at radius 1 is 1.19 bits per heavy atom. The maximum absolute atomic E-state index is 5.79. The van der Waals surface area contributed by atoms with Gasteiger partial charge in [-0.2, -0.15) is 0 Å². The molecule has 1 unspecified atom stereocenters. The first-order valence-electron chi connectivity index (χ1n) is 8.28. The van der Waals surface area contributed by atoms with Crippen LogP contribution < -0.4 is 5.32 Å². The van der Waals surface area contributed by atoms with Gasteiger partial charge in [0.2, 0.25) is 0 Å². The van der Waals surface area contributed by atoms with Crippen LogP contribution in [0.1, 0.15) is 38.7 Å². The number of rotatable bonds is 8. The number of nitrogens with one attached hydrogen (secondary N) is 1. The molecular weight excluding hydrogens is 262 g/mol. The van der Waals surface area contributed by atoms with E-state index in [0.29, 0.717) is 6.04 Å². The lowest BCUT2D eigenvalue weighted by atomic mass is 9.69. The van der Waals surface area contributed by atoms with E-state index in [0.717, 1.165) is 52.2 Å². The third kappa shape index (κ3) is 4.06. The van der Waals surface area contributed by atoms with Crippen LogP contribution in [-0.2, 0) is 14.9 Å². The van der Waals surface area contributed by atoms with Gasteiger partial charge in [-0.25, -0.2) is 0 Å². The first-order chi connectivity index (χ1) is 10.3. The van der Waals surface area contributed by atoms with Gasteiger partial charge in [0.1, 0.15) is 0 Å². The van der Waals surface area contributed by atoms with Gasteiger partial charge in [0, 0.05) is 31.3 Å². The third-order valence-corrected chi connectivity index (χ3v) is 4.53. The molecule has 118 valence electrons. The van der Waals surface area contributed by atoms with Crippen LogP contribution in [0.25, 0.3) is 0 Å². The molecule has 1 aliphatic rings. The van der Waals surface area contributed by atoms with E-state index in [-0.39, 0.29) is 5.41 Å². The topological polar surface area (TPSA) is 30.5 Å². The van der Waals surface area contributed by atoms with Gasteiger partial charge in [0.05, 0.1) is 6.61 Å². The Bertz CT molecular complexity index is 379. The van der Waals surface area contributed by atoms with Crippen LogP contribution >= 0.6 is 0 Å². The summed E-state index contributed by atoms with van der Waals surface area (Å²) in [5.74, 6) is 0. The van der Waals surface area contributed by atoms with Gasteiger partial charge in [-0.3, -0.25) is 0 Å². The molecule has 1 aliphatic heterocycles. The van der Waals surface area contributed by atoms with Crippen molar-refractivity contribution >= 4 is 0 Å². The molecule has 21 heavy (non-hydrogen) atoms. The zero-order valence-electron chi connectivity index (χ0n) is 13.4. The minimum Gasteiger partial charge on any atom is -0.381 e. The second kappa shape index (κ2) is 8.52. The highest BCUT2D eigenvalue weighted by Crippen LogP contribution is 2.38. The fourth-order valence-electron chi connectivity index (χ4n) is 3.31. The van der Waals surface area contributed by atoms with Crippen LogP contribution in [0.3, 0.4) is 0 Å². The quantitative estimate of drug-likeness (QED) is 0.798. The molecule has 2 rings (SSSR count). The molecule has 0 aromatic heterocycles. The van der Waals surface area contributed by atoms with Crippen LogP contribution in [0.2, 0.25) is 0 Å². The summed E-state index contributed by atoms with van der Waals surface area (Å²) in [5.41, 5.74) is 1.55. The van der Waals surface area contributed by atoms with Crippen LogP contribution in [0.15, 0.2) is 30.3 Å². The number of benzene rings is 1. The molecule has 3 heteroatoms. The summed E-state index contributed by atoms with van der Waals surface area (Å²) in [7, 11) is 0. The van der Waals surface area contributed by atoms with Gasteiger partial charge in [-0.15, -0.1) is 0 Å². The van der Waals surface area contributed by atoms with E-state index in [4.69, 9.17) is 9.47 Å². The molecule has 0 bridgehead atoms. The lowest BCUT2D eigenvalue weighted by molar-refractivity contribution is 0.0117. The summed E-state index contributed by atoms with van der Waals surface area (Å²) in [6, 6.07) is 11.3. The highest BCUT2D eigenvalue weighted by Gasteiger charge is 2.41. The summed E-state index contributed by atoms with van der Waals surface area (Å²) in [5, 5.41) is 3.73. The Balaban J connectivity index is 2.26. The van der Waals surface area contributed by atoms with Crippen molar-refractivity contribution < 1.29 is 9.47 Å². The highest BCUT2D eigenvalue weighted by atomic mass is 16.5. The summed E-state index contributed by atoms with van der Waals surface area (Å²) < 4.78 is 11.4. The van der Waals surface area contributed by atoms with Gasteiger partial charge < -0.3 is 14.8 Å². The molecular formula is C18H29NO2. The molecule has 1 aromatic rings. The number of hydrogen-bond acceptors (Lipinski definition) is 3. The fourth-order valence-corrected chi connectivity index (χ4v) is 3.31. The summed E-state index contributed by atoms with van der Waals surface area (Å²) in [6.45, 7) is 8.53. The average Bonchev–Trinajstić information content (AvgIpc) is 2.56. The van der Waals surface area contributed by atoms with E-state index in [9.17, 15) is 0 Å². The lowest BCUT2D eigenvalue weighted by Gasteiger charge is -2.44. The van der Waals surface area contributed by atoms with Crippen molar-refractivity contribution in [3.63, 3.8) is 0 Å². The molecule has 1 heterocycles. The number of hydrogen-bond donors (Lipinski definition) is 1. The van der Waals surface area contributed by atoms with E-state index in [1.54, 1.807) is 0 Å². The molecule has 0 saturated carbocycles. The van der Waals surface area contributed by atoms with Crippen molar-refractivity contribution in [2.24, 2.45) is 0 Å². The first kappa shape index (κ1) is 16.5.